The first-order chi connectivity index (χ1) is 8.21. The lowest BCUT2D eigenvalue weighted by atomic mass is 10.1. The number of nitrogens with one attached hydrogen (secondary N) is 1. The number of esters is 1. The Hall–Kier alpha value is -1.39. The molecule has 0 aromatic heterocycles. The summed E-state index contributed by atoms with van der Waals surface area (Å²) in [4.78, 5) is 11.2. The van der Waals surface area contributed by atoms with Gasteiger partial charge in [-0.1, -0.05) is 19.1 Å². The second kappa shape index (κ2) is 7.04. The van der Waals surface area contributed by atoms with Crippen molar-refractivity contribution >= 4 is 5.97 Å². The van der Waals surface area contributed by atoms with E-state index in [-0.39, 0.29) is 18.6 Å². The highest BCUT2D eigenvalue weighted by Crippen LogP contribution is 2.06. The molecular weight excluding hydrogens is 218 g/mol. The van der Waals surface area contributed by atoms with Gasteiger partial charge in [-0.3, -0.25) is 0 Å². The highest BCUT2D eigenvalue weighted by molar-refractivity contribution is 5.89. The molecule has 0 aliphatic heterocycles. The molecule has 0 aliphatic rings. The van der Waals surface area contributed by atoms with Gasteiger partial charge in [0.15, 0.2) is 0 Å². The van der Waals surface area contributed by atoms with Crippen LogP contribution in [0.1, 0.15) is 29.3 Å². The van der Waals surface area contributed by atoms with Gasteiger partial charge in [0.1, 0.15) is 0 Å². The number of hydrogen-bond acceptors (Lipinski definition) is 4. The van der Waals surface area contributed by atoms with Crippen molar-refractivity contribution in [2.24, 2.45) is 0 Å². The maximum atomic E-state index is 11.2. The second-order valence-electron chi connectivity index (χ2n) is 3.86. The average molecular weight is 237 g/mol. The van der Waals surface area contributed by atoms with Crippen molar-refractivity contribution in [3.05, 3.63) is 35.4 Å². The molecule has 0 amide bonds. The lowest BCUT2D eigenvalue weighted by Crippen LogP contribution is -2.31. The molecule has 94 valence electrons. The van der Waals surface area contributed by atoms with Gasteiger partial charge in [0.05, 0.1) is 19.3 Å². The average Bonchev–Trinajstić information content (AvgIpc) is 2.39. The van der Waals surface area contributed by atoms with Crippen LogP contribution in [0.3, 0.4) is 0 Å². The minimum Gasteiger partial charge on any atom is -0.465 e. The zero-order valence-corrected chi connectivity index (χ0v) is 10.3. The number of hydrogen-bond donors (Lipinski definition) is 2. The second-order valence-corrected chi connectivity index (χ2v) is 3.86. The molecule has 0 saturated carbocycles. The number of ether oxygens (including phenoxy) is 1. The third kappa shape index (κ3) is 4.17. The van der Waals surface area contributed by atoms with Crippen LogP contribution in [0.25, 0.3) is 0 Å². The van der Waals surface area contributed by atoms with Crippen molar-refractivity contribution in [2.45, 2.75) is 25.9 Å². The van der Waals surface area contributed by atoms with Gasteiger partial charge >= 0.3 is 5.97 Å². The van der Waals surface area contributed by atoms with Crippen molar-refractivity contribution in [2.75, 3.05) is 13.7 Å². The topological polar surface area (TPSA) is 58.6 Å². The van der Waals surface area contributed by atoms with E-state index in [9.17, 15) is 4.79 Å². The lowest BCUT2D eigenvalue weighted by molar-refractivity contribution is 0.0600. The molecule has 0 spiro atoms. The lowest BCUT2D eigenvalue weighted by Gasteiger charge is -2.13. The van der Waals surface area contributed by atoms with Crippen LogP contribution in [0.2, 0.25) is 0 Å². The van der Waals surface area contributed by atoms with E-state index in [1.54, 1.807) is 12.1 Å². The maximum absolute atomic E-state index is 11.2. The molecule has 2 N–H and O–H groups in total. The summed E-state index contributed by atoms with van der Waals surface area (Å²) in [6, 6.07) is 7.35. The van der Waals surface area contributed by atoms with Crippen LogP contribution in [0.5, 0.6) is 0 Å². The summed E-state index contributed by atoms with van der Waals surface area (Å²) in [6.45, 7) is 2.84. The first kappa shape index (κ1) is 13.7. The fourth-order valence-corrected chi connectivity index (χ4v) is 1.48. The number of carbonyl (C=O) groups excluding carboxylic acids is 1. The summed E-state index contributed by atoms with van der Waals surface area (Å²) in [6.07, 6.45) is 0.886. The van der Waals surface area contributed by atoms with Crippen LogP contribution in [0.4, 0.5) is 0 Å². The van der Waals surface area contributed by atoms with Gasteiger partial charge in [0.25, 0.3) is 0 Å². The highest BCUT2D eigenvalue weighted by Gasteiger charge is 2.06. The molecule has 0 saturated heterocycles. The summed E-state index contributed by atoms with van der Waals surface area (Å²) in [7, 11) is 1.37. The molecule has 4 heteroatoms. The maximum Gasteiger partial charge on any atom is 0.337 e. The van der Waals surface area contributed by atoms with Gasteiger partial charge < -0.3 is 15.2 Å². The molecular formula is C13H19NO3. The molecule has 0 radical (unpaired) electrons. The van der Waals surface area contributed by atoms with Crippen molar-refractivity contribution in [1.29, 1.82) is 0 Å². The van der Waals surface area contributed by atoms with Gasteiger partial charge in [0, 0.05) is 12.6 Å². The summed E-state index contributed by atoms with van der Waals surface area (Å²) >= 11 is 0. The van der Waals surface area contributed by atoms with E-state index in [0.29, 0.717) is 12.1 Å². The third-order valence-corrected chi connectivity index (χ3v) is 2.68. The van der Waals surface area contributed by atoms with Crippen molar-refractivity contribution in [3.63, 3.8) is 0 Å². The van der Waals surface area contributed by atoms with Crippen molar-refractivity contribution in [3.8, 4) is 0 Å². The number of benzene rings is 1. The first-order valence-electron chi connectivity index (χ1n) is 5.72. The Morgan fingerprint density at radius 2 is 2.06 bits per heavy atom. The van der Waals surface area contributed by atoms with Crippen LogP contribution in [0, 0.1) is 0 Å². The molecule has 17 heavy (non-hydrogen) atoms. The molecule has 1 aromatic rings. The zero-order chi connectivity index (χ0) is 12.7. The van der Waals surface area contributed by atoms with E-state index in [0.717, 1.165) is 12.0 Å². The molecule has 4 nitrogen and oxygen atoms in total. The number of aliphatic hydroxyl groups excluding tert-OH is 1. The zero-order valence-electron chi connectivity index (χ0n) is 10.3. The molecule has 1 atom stereocenters. The van der Waals surface area contributed by atoms with Gasteiger partial charge in [-0.05, 0) is 24.1 Å². The summed E-state index contributed by atoms with van der Waals surface area (Å²) in [5, 5.41) is 12.3. The van der Waals surface area contributed by atoms with Crippen molar-refractivity contribution in [1.82, 2.24) is 5.32 Å². The monoisotopic (exact) mass is 237 g/mol. The Balaban J connectivity index is 2.53. The van der Waals surface area contributed by atoms with Crippen LogP contribution in [0.15, 0.2) is 24.3 Å². The van der Waals surface area contributed by atoms with Crippen LogP contribution < -0.4 is 5.32 Å². The predicted octanol–water partition coefficient (Wildman–Crippen LogP) is 1.33. The Morgan fingerprint density at radius 3 is 2.53 bits per heavy atom. The minimum atomic E-state index is -0.327. The van der Waals surface area contributed by atoms with E-state index in [2.05, 4.69) is 10.1 Å². The molecule has 0 fully saturated rings. The van der Waals surface area contributed by atoms with E-state index in [1.165, 1.54) is 7.11 Å². The fourth-order valence-electron chi connectivity index (χ4n) is 1.48. The molecule has 0 aliphatic carbocycles. The SMILES string of the molecule is CCC(CO)NCc1ccc(C(=O)OC)cc1. The van der Waals surface area contributed by atoms with E-state index in [1.807, 2.05) is 19.1 Å². The normalized spacial score (nSPS) is 12.2. The fraction of sp³-hybridized carbons (Fsp3) is 0.462. The van der Waals surface area contributed by atoms with Gasteiger partial charge in [-0.25, -0.2) is 4.79 Å². The number of aliphatic hydroxyl groups is 1. The van der Waals surface area contributed by atoms with E-state index >= 15 is 0 Å². The quantitative estimate of drug-likeness (QED) is 0.733. The summed E-state index contributed by atoms with van der Waals surface area (Å²) in [5.74, 6) is -0.327. The summed E-state index contributed by atoms with van der Waals surface area (Å²) < 4.78 is 4.62. The van der Waals surface area contributed by atoms with Gasteiger partial charge in [-0.15, -0.1) is 0 Å². The van der Waals surface area contributed by atoms with Crippen LogP contribution >= 0.6 is 0 Å². The van der Waals surface area contributed by atoms with Crippen LogP contribution in [-0.4, -0.2) is 30.8 Å². The molecule has 1 rings (SSSR count). The number of methoxy groups -OCH3 is 1. The van der Waals surface area contributed by atoms with Crippen LogP contribution in [-0.2, 0) is 11.3 Å². The first-order valence-corrected chi connectivity index (χ1v) is 5.72. The third-order valence-electron chi connectivity index (χ3n) is 2.68. The summed E-state index contributed by atoms with van der Waals surface area (Å²) in [5.41, 5.74) is 1.62. The molecule has 0 bridgehead atoms. The smallest absolute Gasteiger partial charge is 0.337 e. The highest BCUT2D eigenvalue weighted by atomic mass is 16.5. The van der Waals surface area contributed by atoms with E-state index in [4.69, 9.17) is 5.11 Å². The Kier molecular flexibility index (Phi) is 5.66. The Labute approximate surface area is 102 Å². The predicted molar refractivity (Wildman–Crippen MR) is 65.8 cm³/mol. The Morgan fingerprint density at radius 1 is 1.41 bits per heavy atom. The minimum absolute atomic E-state index is 0.121. The van der Waals surface area contributed by atoms with Gasteiger partial charge in [-0.2, -0.15) is 0 Å². The standard InChI is InChI=1S/C13H19NO3/c1-3-12(9-15)14-8-10-4-6-11(7-5-10)13(16)17-2/h4-7,12,14-15H,3,8-9H2,1-2H3. The van der Waals surface area contributed by atoms with E-state index < -0.39 is 0 Å². The molecule has 1 aromatic carbocycles. The molecule has 0 heterocycles. The Bertz CT molecular complexity index is 344. The van der Waals surface area contributed by atoms with Gasteiger partial charge in [0.2, 0.25) is 0 Å². The molecule has 1 unspecified atom stereocenters. The largest absolute Gasteiger partial charge is 0.465 e. The van der Waals surface area contributed by atoms with Crippen molar-refractivity contribution < 1.29 is 14.6 Å². The number of rotatable bonds is 6. The number of carbonyl (C=O) groups is 1.